The van der Waals surface area contributed by atoms with Crippen LogP contribution in [0.25, 0.3) is 0 Å². The summed E-state index contributed by atoms with van der Waals surface area (Å²) in [5.41, 5.74) is 0. The van der Waals surface area contributed by atoms with Crippen molar-refractivity contribution in [1.82, 2.24) is 15.3 Å². The Bertz CT molecular complexity index is 664. The Morgan fingerprint density at radius 2 is 1.45 bits per heavy atom. The van der Waals surface area contributed by atoms with Crippen molar-refractivity contribution in [3.8, 4) is 0 Å². The maximum absolute atomic E-state index is 12.9. The van der Waals surface area contributed by atoms with E-state index in [1.54, 1.807) is 36.7 Å². The monoisotopic (exact) mass is 418 g/mol. The Morgan fingerprint density at radius 3 is 1.86 bits per heavy atom. The minimum absolute atomic E-state index is 0.293. The zero-order chi connectivity index (χ0) is 21.0. The van der Waals surface area contributed by atoms with E-state index >= 15 is 0 Å². The molecule has 2 rings (SSSR count). The van der Waals surface area contributed by atoms with Crippen molar-refractivity contribution in [2.24, 2.45) is 0 Å². The van der Waals surface area contributed by atoms with Gasteiger partial charge in [0.15, 0.2) is 0 Å². The van der Waals surface area contributed by atoms with Crippen LogP contribution >= 0.6 is 0 Å². The molecule has 0 spiro atoms. The number of hydrogen-bond donors (Lipinski definition) is 1. The van der Waals surface area contributed by atoms with Gasteiger partial charge in [0.05, 0.1) is 0 Å². The Labute approximate surface area is 173 Å². The summed E-state index contributed by atoms with van der Waals surface area (Å²) in [6, 6.07) is 11.1. The van der Waals surface area contributed by atoms with Crippen LogP contribution in [-0.2, 0) is 13.3 Å². The molecule has 0 fully saturated rings. The largest absolute Gasteiger partial charge is 0.500 e. The summed E-state index contributed by atoms with van der Waals surface area (Å²) in [7, 11) is -2.71. The van der Waals surface area contributed by atoms with Gasteiger partial charge in [0.2, 0.25) is 0 Å². The summed E-state index contributed by atoms with van der Waals surface area (Å²) < 4.78 is 17.6. The molecule has 0 radical (unpaired) electrons. The van der Waals surface area contributed by atoms with Crippen LogP contribution in [0, 0.1) is 0 Å². The quantitative estimate of drug-likeness (QED) is 0.417. The van der Waals surface area contributed by atoms with E-state index < -0.39 is 8.80 Å². The molecule has 29 heavy (non-hydrogen) atoms. The number of rotatable bonds is 12. The lowest BCUT2D eigenvalue weighted by molar-refractivity contribution is 0.0708. The van der Waals surface area contributed by atoms with E-state index in [2.05, 4.69) is 15.3 Å². The average Bonchev–Trinajstić information content (AvgIpc) is 2.74. The van der Waals surface area contributed by atoms with E-state index in [1.165, 1.54) is 4.90 Å². The van der Waals surface area contributed by atoms with E-state index in [9.17, 15) is 4.79 Å². The van der Waals surface area contributed by atoms with Gasteiger partial charge in [-0.2, -0.15) is 0 Å². The number of aromatic nitrogens is 2. The highest BCUT2D eigenvalue weighted by molar-refractivity contribution is 6.60. The van der Waals surface area contributed by atoms with Gasteiger partial charge < -0.3 is 18.6 Å². The van der Waals surface area contributed by atoms with Gasteiger partial charge in [0, 0.05) is 44.8 Å². The highest BCUT2D eigenvalue weighted by Gasteiger charge is 2.39. The van der Waals surface area contributed by atoms with E-state index in [-0.39, 0.29) is 6.03 Å². The van der Waals surface area contributed by atoms with Crippen molar-refractivity contribution in [2.45, 2.75) is 33.2 Å². The molecular formula is C20H30N4O4Si. The third-order valence-corrected chi connectivity index (χ3v) is 7.14. The Kier molecular flexibility index (Phi) is 9.72. The molecule has 8 nitrogen and oxygen atoms in total. The molecule has 0 saturated carbocycles. The van der Waals surface area contributed by atoms with Crippen LogP contribution in [0.2, 0.25) is 6.04 Å². The fraction of sp³-hybridized carbons (Fsp3) is 0.450. The number of urea groups is 1. The van der Waals surface area contributed by atoms with Gasteiger partial charge in [-0.3, -0.25) is 0 Å². The minimum Gasteiger partial charge on any atom is -0.374 e. The van der Waals surface area contributed by atoms with Crippen LogP contribution in [-0.4, -0.2) is 51.2 Å². The van der Waals surface area contributed by atoms with Crippen LogP contribution in [0.4, 0.5) is 16.4 Å². The molecule has 158 valence electrons. The number of nitrogens with one attached hydrogen (secondary N) is 1. The topological polar surface area (TPSA) is 85.8 Å². The maximum Gasteiger partial charge on any atom is 0.500 e. The molecule has 0 saturated heterocycles. The predicted molar refractivity (Wildman–Crippen MR) is 114 cm³/mol. The van der Waals surface area contributed by atoms with Gasteiger partial charge in [0.25, 0.3) is 0 Å². The number of hydrogen-bond acceptors (Lipinski definition) is 6. The summed E-state index contributed by atoms with van der Waals surface area (Å²) in [6.45, 7) is 7.84. The lowest BCUT2D eigenvalue weighted by Gasteiger charge is -2.28. The normalized spacial score (nSPS) is 11.3. The summed E-state index contributed by atoms with van der Waals surface area (Å²) in [6.07, 6.45) is 3.96. The lowest BCUT2D eigenvalue weighted by Crippen LogP contribution is -2.46. The Balaban J connectivity index is 2.01. The predicted octanol–water partition coefficient (Wildman–Crippen LogP) is 3.76. The van der Waals surface area contributed by atoms with Gasteiger partial charge in [-0.15, -0.1) is 0 Å². The van der Waals surface area contributed by atoms with E-state index in [4.69, 9.17) is 13.3 Å². The van der Waals surface area contributed by atoms with Crippen molar-refractivity contribution in [3.63, 3.8) is 0 Å². The van der Waals surface area contributed by atoms with Gasteiger partial charge in [0.1, 0.15) is 11.6 Å². The number of nitrogens with zero attached hydrogens (tertiary/aromatic N) is 3. The first-order chi connectivity index (χ1) is 14.2. The number of carbonyl (C=O) groups is 1. The molecular weight excluding hydrogens is 388 g/mol. The maximum atomic E-state index is 12.9. The molecule has 0 unspecified atom stereocenters. The summed E-state index contributed by atoms with van der Waals surface area (Å²) in [4.78, 5) is 22.9. The second kappa shape index (κ2) is 12.3. The van der Waals surface area contributed by atoms with E-state index in [1.807, 2.05) is 32.9 Å². The van der Waals surface area contributed by atoms with Crippen molar-refractivity contribution in [3.05, 3.63) is 48.8 Å². The zero-order valence-corrected chi connectivity index (χ0v) is 18.3. The molecule has 0 aliphatic heterocycles. The number of pyridine rings is 2. The molecule has 0 atom stereocenters. The van der Waals surface area contributed by atoms with Crippen molar-refractivity contribution >= 4 is 26.5 Å². The number of anilines is 2. The van der Waals surface area contributed by atoms with E-state index in [0.717, 1.165) is 0 Å². The molecule has 0 aliphatic rings. The molecule has 2 aromatic rings. The first kappa shape index (κ1) is 23.0. The van der Waals surface area contributed by atoms with Crippen LogP contribution in [0.3, 0.4) is 0 Å². The summed E-state index contributed by atoms with van der Waals surface area (Å²) in [5, 5.41) is 2.94. The van der Waals surface area contributed by atoms with Crippen LogP contribution in [0.15, 0.2) is 48.8 Å². The smallest absolute Gasteiger partial charge is 0.374 e. The van der Waals surface area contributed by atoms with Crippen LogP contribution < -0.4 is 10.2 Å². The molecule has 0 aliphatic carbocycles. The van der Waals surface area contributed by atoms with Crippen LogP contribution in [0.1, 0.15) is 27.2 Å². The van der Waals surface area contributed by atoms with Gasteiger partial charge >= 0.3 is 14.8 Å². The van der Waals surface area contributed by atoms with E-state index in [0.29, 0.717) is 50.5 Å². The van der Waals surface area contributed by atoms with Gasteiger partial charge in [-0.05, 0) is 51.5 Å². The SMILES string of the molecule is CCO[Si](CCCNC(=O)N(c1ccccn1)c1ccccn1)(OCC)OCC. The number of amides is 2. The highest BCUT2D eigenvalue weighted by atomic mass is 28.4. The van der Waals surface area contributed by atoms with Gasteiger partial charge in [-0.1, -0.05) is 12.1 Å². The molecule has 2 aromatic heterocycles. The average molecular weight is 419 g/mol. The standard InChI is InChI=1S/C20H30N4O4Si/c1-4-26-29(27-5-2,28-6-3)17-11-16-23-20(25)24(18-12-7-9-14-21-18)19-13-8-10-15-22-19/h7-10,12-15H,4-6,11,16-17H2,1-3H3,(H,23,25). The molecule has 9 heteroatoms. The van der Waals surface area contributed by atoms with Crippen molar-refractivity contribution in [1.29, 1.82) is 0 Å². The second-order valence-corrected chi connectivity index (χ2v) is 8.76. The summed E-state index contributed by atoms with van der Waals surface area (Å²) >= 11 is 0. The minimum atomic E-state index is -2.71. The fourth-order valence-corrected chi connectivity index (χ4v) is 5.49. The molecule has 2 heterocycles. The number of carbonyl (C=O) groups excluding carboxylic acids is 1. The summed E-state index contributed by atoms with van der Waals surface area (Å²) in [5.74, 6) is 1.01. The first-order valence-electron chi connectivity index (χ1n) is 9.97. The third kappa shape index (κ3) is 6.89. The molecule has 2 amide bonds. The second-order valence-electron chi connectivity index (χ2n) is 6.03. The van der Waals surface area contributed by atoms with Crippen molar-refractivity contribution in [2.75, 3.05) is 31.3 Å². The third-order valence-electron chi connectivity index (χ3n) is 3.99. The Morgan fingerprint density at radius 1 is 0.931 bits per heavy atom. The Hall–Kier alpha value is -2.33. The van der Waals surface area contributed by atoms with Crippen molar-refractivity contribution < 1.29 is 18.1 Å². The zero-order valence-electron chi connectivity index (χ0n) is 17.3. The highest BCUT2D eigenvalue weighted by Crippen LogP contribution is 2.21. The lowest BCUT2D eigenvalue weighted by atomic mass is 10.4. The molecule has 0 aromatic carbocycles. The fourth-order valence-electron chi connectivity index (χ4n) is 2.88. The van der Waals surface area contributed by atoms with Gasteiger partial charge in [-0.25, -0.2) is 19.7 Å². The molecule has 0 bridgehead atoms. The first-order valence-corrected chi connectivity index (χ1v) is 11.9. The van der Waals surface area contributed by atoms with Crippen LogP contribution in [0.5, 0.6) is 0 Å². The molecule has 1 N–H and O–H groups in total.